The summed E-state index contributed by atoms with van der Waals surface area (Å²) < 4.78 is 4.67. The van der Waals surface area contributed by atoms with E-state index in [0.29, 0.717) is 6.42 Å². The summed E-state index contributed by atoms with van der Waals surface area (Å²) in [4.78, 5) is 11.5. The van der Waals surface area contributed by atoms with Crippen LogP contribution in [0, 0.1) is 5.92 Å². The van der Waals surface area contributed by atoms with Crippen LogP contribution in [0.25, 0.3) is 0 Å². The summed E-state index contributed by atoms with van der Waals surface area (Å²) >= 11 is 0. The average Bonchev–Trinajstić information content (AvgIpc) is 2.28. The molecule has 0 unspecified atom stereocenters. The maximum Gasteiger partial charge on any atom is 0.338 e. The molecule has 82 valence electrons. The Morgan fingerprint density at radius 2 is 2.00 bits per heavy atom. The number of hydrogen-bond acceptors (Lipinski definition) is 3. The molecule has 0 aromatic heterocycles. The highest BCUT2D eigenvalue weighted by atomic mass is 16.5. The molecule has 0 bridgehead atoms. The second-order valence-electron chi connectivity index (χ2n) is 4.10. The highest BCUT2D eigenvalue weighted by Gasteiger charge is 2.43. The van der Waals surface area contributed by atoms with Gasteiger partial charge in [-0.2, -0.15) is 0 Å². The zero-order chi connectivity index (χ0) is 10.6. The van der Waals surface area contributed by atoms with E-state index in [4.69, 9.17) is 0 Å². The number of carbonyl (C=O) groups excluding carboxylic acids is 1. The third-order valence-electron chi connectivity index (χ3n) is 3.36. The first-order valence-corrected chi connectivity index (χ1v) is 5.46. The van der Waals surface area contributed by atoms with Crippen molar-refractivity contribution in [2.75, 3.05) is 7.11 Å². The van der Waals surface area contributed by atoms with Gasteiger partial charge in [0.15, 0.2) is 5.60 Å². The van der Waals surface area contributed by atoms with Crippen molar-refractivity contribution < 1.29 is 14.6 Å². The molecule has 1 N–H and O–H groups in total. The van der Waals surface area contributed by atoms with Crippen LogP contribution in [0.5, 0.6) is 0 Å². The summed E-state index contributed by atoms with van der Waals surface area (Å²) in [7, 11) is 1.34. The van der Waals surface area contributed by atoms with E-state index in [9.17, 15) is 9.90 Å². The molecule has 1 aliphatic carbocycles. The Labute approximate surface area is 85.5 Å². The van der Waals surface area contributed by atoms with Gasteiger partial charge in [0.25, 0.3) is 0 Å². The molecule has 1 atom stereocenters. The van der Waals surface area contributed by atoms with Crippen LogP contribution in [-0.4, -0.2) is 23.8 Å². The molecule has 0 amide bonds. The molecule has 3 nitrogen and oxygen atoms in total. The lowest BCUT2D eigenvalue weighted by atomic mass is 9.75. The fourth-order valence-electron chi connectivity index (χ4n) is 2.36. The summed E-state index contributed by atoms with van der Waals surface area (Å²) in [5.41, 5.74) is -1.24. The van der Waals surface area contributed by atoms with Crippen LogP contribution in [0.1, 0.15) is 45.4 Å². The zero-order valence-corrected chi connectivity index (χ0v) is 9.08. The highest BCUT2D eigenvalue weighted by Crippen LogP contribution is 2.35. The first kappa shape index (κ1) is 11.5. The van der Waals surface area contributed by atoms with E-state index < -0.39 is 11.6 Å². The lowest BCUT2D eigenvalue weighted by molar-refractivity contribution is -0.170. The van der Waals surface area contributed by atoms with Gasteiger partial charge < -0.3 is 9.84 Å². The molecular formula is C11H20O3. The maximum atomic E-state index is 11.5. The SMILES string of the molecule is CC[C@](O)(C(=O)OC)C1CCCCC1. The quantitative estimate of drug-likeness (QED) is 0.707. The molecular weight excluding hydrogens is 180 g/mol. The van der Waals surface area contributed by atoms with Crippen molar-refractivity contribution in [3.63, 3.8) is 0 Å². The molecule has 1 fully saturated rings. The lowest BCUT2D eigenvalue weighted by Crippen LogP contribution is -2.46. The summed E-state index contributed by atoms with van der Waals surface area (Å²) in [5.74, 6) is -0.374. The van der Waals surface area contributed by atoms with Crippen molar-refractivity contribution in [1.29, 1.82) is 0 Å². The molecule has 0 aromatic rings. The van der Waals surface area contributed by atoms with Gasteiger partial charge in [0.2, 0.25) is 0 Å². The summed E-state index contributed by atoms with van der Waals surface area (Å²) in [6.45, 7) is 1.84. The summed E-state index contributed by atoms with van der Waals surface area (Å²) in [6, 6.07) is 0. The Kier molecular flexibility index (Phi) is 3.93. The van der Waals surface area contributed by atoms with Gasteiger partial charge in [-0.25, -0.2) is 4.79 Å². The van der Waals surface area contributed by atoms with Gasteiger partial charge in [0, 0.05) is 0 Å². The molecule has 1 saturated carbocycles. The van der Waals surface area contributed by atoms with E-state index in [1.165, 1.54) is 13.5 Å². The monoisotopic (exact) mass is 200 g/mol. The first-order valence-electron chi connectivity index (χ1n) is 5.46. The van der Waals surface area contributed by atoms with E-state index in [1.807, 2.05) is 6.92 Å². The summed E-state index contributed by atoms with van der Waals surface area (Å²) in [5, 5.41) is 10.2. The zero-order valence-electron chi connectivity index (χ0n) is 9.08. The number of carbonyl (C=O) groups is 1. The minimum atomic E-state index is -1.24. The highest BCUT2D eigenvalue weighted by molar-refractivity contribution is 5.79. The largest absolute Gasteiger partial charge is 0.467 e. The normalized spacial score (nSPS) is 22.8. The fraction of sp³-hybridized carbons (Fsp3) is 0.909. The van der Waals surface area contributed by atoms with Gasteiger partial charge in [-0.15, -0.1) is 0 Å². The van der Waals surface area contributed by atoms with Crippen LogP contribution in [-0.2, 0) is 9.53 Å². The number of rotatable bonds is 3. The minimum Gasteiger partial charge on any atom is -0.467 e. The number of esters is 1. The number of hydrogen-bond donors (Lipinski definition) is 1. The van der Waals surface area contributed by atoms with Crippen LogP contribution >= 0.6 is 0 Å². The Morgan fingerprint density at radius 3 is 2.43 bits per heavy atom. The molecule has 14 heavy (non-hydrogen) atoms. The molecule has 0 spiro atoms. The number of methoxy groups -OCH3 is 1. The van der Waals surface area contributed by atoms with Crippen molar-refractivity contribution in [1.82, 2.24) is 0 Å². The van der Waals surface area contributed by atoms with Crippen LogP contribution < -0.4 is 0 Å². The average molecular weight is 200 g/mol. The van der Waals surface area contributed by atoms with Crippen molar-refractivity contribution in [3.8, 4) is 0 Å². The van der Waals surface area contributed by atoms with Crippen LogP contribution in [0.15, 0.2) is 0 Å². The van der Waals surface area contributed by atoms with E-state index >= 15 is 0 Å². The Balaban J connectivity index is 2.71. The van der Waals surface area contributed by atoms with Crippen molar-refractivity contribution in [2.24, 2.45) is 5.92 Å². The number of aliphatic hydroxyl groups is 1. The van der Waals surface area contributed by atoms with Crippen molar-refractivity contribution in [3.05, 3.63) is 0 Å². The molecule has 0 saturated heterocycles. The van der Waals surface area contributed by atoms with E-state index in [0.717, 1.165) is 25.7 Å². The number of ether oxygens (including phenoxy) is 1. The van der Waals surface area contributed by atoms with E-state index in [2.05, 4.69) is 4.74 Å². The van der Waals surface area contributed by atoms with E-state index in [-0.39, 0.29) is 5.92 Å². The van der Waals surface area contributed by atoms with Gasteiger partial charge in [0.1, 0.15) is 0 Å². The van der Waals surface area contributed by atoms with Crippen molar-refractivity contribution >= 4 is 5.97 Å². The molecule has 0 aromatic carbocycles. The van der Waals surface area contributed by atoms with Gasteiger partial charge in [-0.05, 0) is 25.2 Å². The molecule has 3 heteroatoms. The van der Waals surface area contributed by atoms with Crippen LogP contribution in [0.4, 0.5) is 0 Å². The standard InChI is InChI=1S/C11H20O3/c1-3-11(13,10(12)14-2)9-7-5-4-6-8-9/h9,13H,3-8H2,1-2H3/t11-/m1/s1. The second-order valence-corrected chi connectivity index (χ2v) is 4.10. The van der Waals surface area contributed by atoms with Crippen LogP contribution in [0.2, 0.25) is 0 Å². The lowest BCUT2D eigenvalue weighted by Gasteiger charge is -2.35. The van der Waals surface area contributed by atoms with Gasteiger partial charge in [-0.3, -0.25) is 0 Å². The maximum absolute atomic E-state index is 11.5. The third kappa shape index (κ3) is 2.08. The van der Waals surface area contributed by atoms with Crippen molar-refractivity contribution in [2.45, 2.75) is 51.0 Å². The smallest absolute Gasteiger partial charge is 0.338 e. The Morgan fingerprint density at radius 1 is 1.43 bits per heavy atom. The predicted octanol–water partition coefficient (Wildman–Crippen LogP) is 1.88. The van der Waals surface area contributed by atoms with Gasteiger partial charge in [0.05, 0.1) is 7.11 Å². The predicted molar refractivity (Wildman–Crippen MR) is 53.8 cm³/mol. The molecule has 1 aliphatic rings. The summed E-state index contributed by atoms with van der Waals surface area (Å²) in [6.07, 6.45) is 5.79. The Bertz CT molecular complexity index is 197. The molecule has 0 aliphatic heterocycles. The Hall–Kier alpha value is -0.570. The molecule has 1 rings (SSSR count). The van der Waals surface area contributed by atoms with Gasteiger partial charge in [-0.1, -0.05) is 26.2 Å². The van der Waals surface area contributed by atoms with Crippen LogP contribution in [0.3, 0.4) is 0 Å². The fourth-order valence-corrected chi connectivity index (χ4v) is 2.36. The van der Waals surface area contributed by atoms with E-state index in [1.54, 1.807) is 0 Å². The van der Waals surface area contributed by atoms with Gasteiger partial charge >= 0.3 is 5.97 Å². The second kappa shape index (κ2) is 4.78. The topological polar surface area (TPSA) is 46.5 Å². The third-order valence-corrected chi connectivity index (χ3v) is 3.36. The minimum absolute atomic E-state index is 0.0914. The first-order chi connectivity index (χ1) is 6.65. The molecule has 0 radical (unpaired) electrons. The molecule has 0 heterocycles.